The maximum atomic E-state index is 14.8. The average Bonchev–Trinajstić information content (AvgIpc) is 2.83. The molecule has 2 nitrogen and oxygen atoms in total. The van der Waals surface area contributed by atoms with E-state index in [0.717, 1.165) is 24.0 Å². The Morgan fingerprint density at radius 2 is 1.62 bits per heavy atom. The smallest absolute Gasteiger partial charge is 0.314 e. The van der Waals surface area contributed by atoms with Crippen molar-refractivity contribution in [2.45, 2.75) is 58.3 Å². The Morgan fingerprint density at radius 1 is 0.912 bits per heavy atom. The number of carbonyl (C=O) groups excluding carboxylic acids is 1. The molecule has 0 aliphatic heterocycles. The van der Waals surface area contributed by atoms with Crippen LogP contribution < -0.4 is 4.74 Å². The Balaban J connectivity index is 1.41. The summed E-state index contributed by atoms with van der Waals surface area (Å²) >= 11 is 0. The first kappa shape index (κ1) is 24.1. The van der Waals surface area contributed by atoms with Crippen molar-refractivity contribution in [1.29, 1.82) is 0 Å². The van der Waals surface area contributed by atoms with Crippen molar-refractivity contribution in [1.82, 2.24) is 0 Å². The molecule has 5 heteroatoms. The topological polar surface area (TPSA) is 26.3 Å². The van der Waals surface area contributed by atoms with Crippen LogP contribution in [0.1, 0.15) is 61.6 Å². The Kier molecular flexibility index (Phi) is 7.40. The number of halogens is 3. The second kappa shape index (κ2) is 10.5. The molecular formula is C29H29F3O2. The molecule has 0 heterocycles. The lowest BCUT2D eigenvalue weighted by Gasteiger charge is -2.27. The van der Waals surface area contributed by atoms with Crippen LogP contribution in [0.3, 0.4) is 0 Å². The van der Waals surface area contributed by atoms with E-state index in [1.54, 1.807) is 12.1 Å². The van der Waals surface area contributed by atoms with Crippen LogP contribution in [-0.2, 0) is 11.2 Å². The van der Waals surface area contributed by atoms with Crippen molar-refractivity contribution in [2.75, 3.05) is 0 Å². The summed E-state index contributed by atoms with van der Waals surface area (Å²) in [5.41, 5.74) is 3.37. The van der Waals surface area contributed by atoms with E-state index in [2.05, 4.69) is 6.92 Å². The van der Waals surface area contributed by atoms with Gasteiger partial charge in [0.2, 0.25) is 5.82 Å². The molecule has 0 atom stereocenters. The highest BCUT2D eigenvalue weighted by atomic mass is 19.2. The molecule has 0 amide bonds. The molecule has 1 fully saturated rings. The molecule has 0 bridgehead atoms. The maximum absolute atomic E-state index is 14.8. The fourth-order valence-electron chi connectivity index (χ4n) is 4.77. The zero-order chi connectivity index (χ0) is 24.2. The van der Waals surface area contributed by atoms with Gasteiger partial charge in [0.15, 0.2) is 11.6 Å². The number of aryl methyl sites for hydroxylation is 2. The van der Waals surface area contributed by atoms with E-state index in [-0.39, 0.29) is 17.3 Å². The molecule has 0 radical (unpaired) electrons. The lowest BCUT2D eigenvalue weighted by molar-refractivity contribution is -0.140. The van der Waals surface area contributed by atoms with Crippen LogP contribution >= 0.6 is 0 Å². The van der Waals surface area contributed by atoms with E-state index < -0.39 is 29.3 Å². The molecule has 0 spiro atoms. The molecule has 1 saturated carbocycles. The number of benzene rings is 3. The summed E-state index contributed by atoms with van der Waals surface area (Å²) in [6, 6.07) is 15.3. The summed E-state index contributed by atoms with van der Waals surface area (Å²) in [5, 5.41) is 0. The van der Waals surface area contributed by atoms with Crippen LogP contribution in [0.15, 0.2) is 54.6 Å². The number of hydrogen-bond donors (Lipinski definition) is 0. The third-order valence-electron chi connectivity index (χ3n) is 6.72. The first-order valence-electron chi connectivity index (χ1n) is 11.9. The van der Waals surface area contributed by atoms with Gasteiger partial charge in [-0.05, 0) is 85.4 Å². The normalized spacial score (nSPS) is 18.0. The highest BCUT2D eigenvalue weighted by molar-refractivity contribution is 5.76. The summed E-state index contributed by atoms with van der Waals surface area (Å²) in [7, 11) is 0. The first-order chi connectivity index (χ1) is 16.4. The van der Waals surface area contributed by atoms with Gasteiger partial charge in [-0.2, -0.15) is 4.39 Å². The van der Waals surface area contributed by atoms with Gasteiger partial charge in [-0.15, -0.1) is 0 Å². The number of rotatable bonds is 6. The van der Waals surface area contributed by atoms with Gasteiger partial charge >= 0.3 is 5.97 Å². The summed E-state index contributed by atoms with van der Waals surface area (Å²) in [5.74, 6) is -3.77. The summed E-state index contributed by atoms with van der Waals surface area (Å²) in [4.78, 5) is 12.7. The van der Waals surface area contributed by atoms with Gasteiger partial charge in [-0.1, -0.05) is 49.7 Å². The van der Waals surface area contributed by atoms with Gasteiger partial charge in [-0.3, -0.25) is 4.79 Å². The zero-order valence-electron chi connectivity index (χ0n) is 19.5. The fourth-order valence-corrected chi connectivity index (χ4v) is 4.77. The van der Waals surface area contributed by atoms with Crippen molar-refractivity contribution in [2.24, 2.45) is 5.92 Å². The predicted octanol–water partition coefficient (Wildman–Crippen LogP) is 7.91. The number of carbonyl (C=O) groups is 1. The van der Waals surface area contributed by atoms with Crippen LogP contribution in [0, 0.1) is 30.3 Å². The average molecular weight is 467 g/mol. The molecular weight excluding hydrogens is 437 g/mol. The largest absolute Gasteiger partial charge is 0.423 e. The van der Waals surface area contributed by atoms with Gasteiger partial charge in [0.25, 0.3) is 0 Å². The van der Waals surface area contributed by atoms with Crippen molar-refractivity contribution in [3.05, 3.63) is 88.7 Å². The lowest BCUT2D eigenvalue weighted by Crippen LogP contribution is -2.25. The van der Waals surface area contributed by atoms with E-state index >= 15 is 0 Å². The van der Waals surface area contributed by atoms with E-state index in [4.69, 9.17) is 4.74 Å². The summed E-state index contributed by atoms with van der Waals surface area (Å²) < 4.78 is 49.1. The third-order valence-corrected chi connectivity index (χ3v) is 6.72. The minimum absolute atomic E-state index is 0.0434. The zero-order valence-corrected chi connectivity index (χ0v) is 19.5. The lowest BCUT2D eigenvalue weighted by atomic mass is 9.78. The summed E-state index contributed by atoms with van der Waals surface area (Å²) in [6.45, 7) is 3.93. The van der Waals surface area contributed by atoms with Crippen LogP contribution in [0.25, 0.3) is 11.1 Å². The molecule has 178 valence electrons. The van der Waals surface area contributed by atoms with Crippen LogP contribution in [-0.4, -0.2) is 5.97 Å². The molecule has 0 aromatic heterocycles. The van der Waals surface area contributed by atoms with Crippen LogP contribution in [0.4, 0.5) is 13.2 Å². The number of ether oxygens (including phenoxy) is 1. The van der Waals surface area contributed by atoms with Gasteiger partial charge in [0, 0.05) is 5.56 Å². The third kappa shape index (κ3) is 5.19. The van der Waals surface area contributed by atoms with Crippen LogP contribution in [0.2, 0.25) is 0 Å². The quantitative estimate of drug-likeness (QED) is 0.273. The standard InChI is InChI=1S/C29H29F3O2/c1-3-4-19-6-8-21(9-7-19)24-15-16-26(28(32)27(24)31)34-29(33)22-12-10-20(11-13-22)23-14-5-18(2)17-25(23)30/h5-9,14-17,20,22H,3-4,10-13H2,1-2H3. The van der Waals surface area contributed by atoms with Gasteiger partial charge in [-0.25, -0.2) is 8.78 Å². The molecule has 0 saturated heterocycles. The van der Waals surface area contributed by atoms with Crippen LogP contribution in [0.5, 0.6) is 5.75 Å². The maximum Gasteiger partial charge on any atom is 0.314 e. The molecule has 34 heavy (non-hydrogen) atoms. The minimum atomic E-state index is -1.17. The van der Waals surface area contributed by atoms with Gasteiger partial charge < -0.3 is 4.74 Å². The molecule has 4 rings (SSSR count). The second-order valence-electron chi connectivity index (χ2n) is 9.18. The molecule has 1 aliphatic rings. The minimum Gasteiger partial charge on any atom is -0.423 e. The number of hydrogen-bond acceptors (Lipinski definition) is 2. The number of esters is 1. The van der Waals surface area contributed by atoms with Crippen molar-refractivity contribution in [3.63, 3.8) is 0 Å². The molecule has 1 aliphatic carbocycles. The van der Waals surface area contributed by atoms with E-state index in [1.807, 2.05) is 31.2 Å². The monoisotopic (exact) mass is 466 g/mol. The highest BCUT2D eigenvalue weighted by Crippen LogP contribution is 2.38. The molecule has 3 aromatic carbocycles. The Morgan fingerprint density at radius 3 is 2.26 bits per heavy atom. The Hall–Kier alpha value is -3.08. The Labute approximate surface area is 198 Å². The predicted molar refractivity (Wildman–Crippen MR) is 127 cm³/mol. The molecule has 0 unspecified atom stereocenters. The molecule has 0 N–H and O–H groups in total. The van der Waals surface area contributed by atoms with Crippen molar-refractivity contribution < 1.29 is 22.7 Å². The van der Waals surface area contributed by atoms with Crippen molar-refractivity contribution in [3.8, 4) is 16.9 Å². The van der Waals surface area contributed by atoms with Gasteiger partial charge in [0.1, 0.15) is 5.82 Å². The highest BCUT2D eigenvalue weighted by Gasteiger charge is 2.30. The Bertz CT molecular complexity index is 1160. The fraction of sp³-hybridized carbons (Fsp3) is 0.345. The van der Waals surface area contributed by atoms with Crippen molar-refractivity contribution >= 4 is 5.97 Å². The molecule has 3 aromatic rings. The summed E-state index contributed by atoms with van der Waals surface area (Å²) in [6.07, 6.45) is 4.25. The second-order valence-corrected chi connectivity index (χ2v) is 9.18. The first-order valence-corrected chi connectivity index (χ1v) is 11.9. The van der Waals surface area contributed by atoms with Gasteiger partial charge in [0.05, 0.1) is 5.92 Å². The van der Waals surface area contributed by atoms with E-state index in [0.29, 0.717) is 36.8 Å². The SMILES string of the molecule is CCCc1ccc(-c2ccc(OC(=O)C3CCC(c4ccc(C)cc4F)CC3)c(F)c2F)cc1. The van der Waals surface area contributed by atoms with E-state index in [9.17, 15) is 18.0 Å². The van der Waals surface area contributed by atoms with E-state index in [1.165, 1.54) is 18.2 Å².